The Morgan fingerprint density at radius 1 is 1.19 bits per heavy atom. The highest BCUT2D eigenvalue weighted by Gasteiger charge is 2.57. The molecule has 0 saturated heterocycles. The molecule has 4 rings (SSSR count). The van der Waals surface area contributed by atoms with E-state index in [4.69, 9.17) is 4.74 Å². The van der Waals surface area contributed by atoms with Crippen molar-refractivity contribution in [3.8, 4) is 11.5 Å². The Bertz CT molecular complexity index is 719. The van der Waals surface area contributed by atoms with Crippen molar-refractivity contribution in [2.75, 3.05) is 7.11 Å². The molecule has 3 heteroatoms. The summed E-state index contributed by atoms with van der Waals surface area (Å²) in [6.45, 7) is 8.74. The highest BCUT2D eigenvalue weighted by atomic mass is 16.5. The van der Waals surface area contributed by atoms with Gasteiger partial charge in [0.1, 0.15) is 0 Å². The van der Waals surface area contributed by atoms with Crippen molar-refractivity contribution in [2.45, 2.75) is 77.7 Å². The Labute approximate surface area is 164 Å². The smallest absolute Gasteiger partial charge is 0.160 e. The molecule has 3 nitrogen and oxygen atoms in total. The number of aliphatic hydroxyl groups is 1. The van der Waals surface area contributed by atoms with Gasteiger partial charge in [-0.25, -0.2) is 0 Å². The van der Waals surface area contributed by atoms with Crippen molar-refractivity contribution in [1.82, 2.24) is 0 Å². The van der Waals surface area contributed by atoms with Crippen LogP contribution in [-0.2, 0) is 6.42 Å². The van der Waals surface area contributed by atoms with Crippen LogP contribution in [0.5, 0.6) is 11.5 Å². The first-order chi connectivity index (χ1) is 12.7. The van der Waals surface area contributed by atoms with Crippen LogP contribution >= 0.6 is 0 Å². The van der Waals surface area contributed by atoms with E-state index >= 15 is 0 Å². The molecule has 0 radical (unpaired) electrons. The van der Waals surface area contributed by atoms with Crippen LogP contribution < -0.4 is 4.74 Å². The molecule has 1 aromatic rings. The predicted octanol–water partition coefficient (Wildman–Crippen LogP) is 5.28. The third-order valence-corrected chi connectivity index (χ3v) is 8.82. The summed E-state index contributed by atoms with van der Waals surface area (Å²) in [6, 6.07) is 4.04. The summed E-state index contributed by atoms with van der Waals surface area (Å²) in [5.74, 6) is 3.90. The van der Waals surface area contributed by atoms with Gasteiger partial charge < -0.3 is 14.9 Å². The maximum absolute atomic E-state index is 10.7. The number of methoxy groups -OCH3 is 1. The van der Waals surface area contributed by atoms with Gasteiger partial charge in [0.2, 0.25) is 0 Å². The number of ether oxygens (including phenoxy) is 1. The standard InChI is InChI=1S/C24H36O3/c1-14(23(2,3)26)19-8-9-20-17-7-6-15-12-21(25)22(27-5)13-18(15)16(17)10-11-24(19,20)4/h12-14,16-17,19-20,25-26H,6-11H2,1-5H3/t14-,16-,17+,19+,20-,24+/m0/s1. The van der Waals surface area contributed by atoms with Crippen LogP contribution in [0.25, 0.3) is 0 Å². The Balaban J connectivity index is 1.65. The summed E-state index contributed by atoms with van der Waals surface area (Å²) in [6.07, 6.45) is 7.30. The molecule has 2 fully saturated rings. The number of fused-ring (bicyclic) bond motifs is 5. The van der Waals surface area contributed by atoms with Gasteiger partial charge in [-0.05, 0) is 111 Å². The van der Waals surface area contributed by atoms with Gasteiger partial charge in [-0.1, -0.05) is 13.8 Å². The molecule has 3 aliphatic rings. The Morgan fingerprint density at radius 3 is 2.59 bits per heavy atom. The summed E-state index contributed by atoms with van der Waals surface area (Å²) < 4.78 is 5.41. The first-order valence-corrected chi connectivity index (χ1v) is 10.8. The molecule has 2 saturated carbocycles. The van der Waals surface area contributed by atoms with Crippen LogP contribution in [0.3, 0.4) is 0 Å². The summed E-state index contributed by atoms with van der Waals surface area (Å²) >= 11 is 0. The van der Waals surface area contributed by atoms with E-state index in [2.05, 4.69) is 19.9 Å². The lowest BCUT2D eigenvalue weighted by atomic mass is 9.52. The summed E-state index contributed by atoms with van der Waals surface area (Å²) in [5, 5.41) is 20.8. The fraction of sp³-hybridized carbons (Fsp3) is 0.750. The Morgan fingerprint density at radius 2 is 1.93 bits per heavy atom. The van der Waals surface area contributed by atoms with E-state index in [1.54, 1.807) is 7.11 Å². The quantitative estimate of drug-likeness (QED) is 0.759. The van der Waals surface area contributed by atoms with Crippen molar-refractivity contribution in [2.24, 2.45) is 29.1 Å². The summed E-state index contributed by atoms with van der Waals surface area (Å²) in [4.78, 5) is 0. The molecule has 1 aromatic carbocycles. The van der Waals surface area contributed by atoms with E-state index in [0.29, 0.717) is 28.9 Å². The second kappa shape index (κ2) is 6.40. The van der Waals surface area contributed by atoms with Crippen LogP contribution in [0, 0.1) is 29.1 Å². The van der Waals surface area contributed by atoms with Crippen molar-refractivity contribution >= 4 is 0 Å². The molecule has 0 spiro atoms. The van der Waals surface area contributed by atoms with Gasteiger partial charge in [-0.3, -0.25) is 0 Å². The number of hydrogen-bond acceptors (Lipinski definition) is 3. The molecule has 0 aromatic heterocycles. The van der Waals surface area contributed by atoms with E-state index in [1.807, 2.05) is 19.9 Å². The second-order valence-corrected chi connectivity index (χ2v) is 10.3. The Kier molecular flexibility index (Phi) is 4.53. The third-order valence-electron chi connectivity index (χ3n) is 8.82. The van der Waals surface area contributed by atoms with Crippen molar-refractivity contribution in [1.29, 1.82) is 0 Å². The number of phenolic OH excluding ortho intramolecular Hbond substituents is 1. The van der Waals surface area contributed by atoms with Crippen molar-refractivity contribution in [3.05, 3.63) is 23.3 Å². The van der Waals surface area contributed by atoms with E-state index in [0.717, 1.165) is 18.3 Å². The van der Waals surface area contributed by atoms with E-state index in [9.17, 15) is 10.2 Å². The summed E-state index contributed by atoms with van der Waals surface area (Å²) in [7, 11) is 1.64. The van der Waals surface area contributed by atoms with E-state index < -0.39 is 5.60 Å². The zero-order chi connectivity index (χ0) is 19.6. The van der Waals surface area contributed by atoms with Crippen molar-refractivity contribution < 1.29 is 14.9 Å². The topological polar surface area (TPSA) is 49.7 Å². The lowest BCUT2D eigenvalue weighted by Crippen LogP contribution is -2.46. The molecular formula is C24H36O3. The van der Waals surface area contributed by atoms with Crippen LogP contribution in [0.1, 0.15) is 76.8 Å². The minimum atomic E-state index is -0.608. The molecule has 0 amide bonds. The first kappa shape index (κ1) is 19.1. The SMILES string of the molecule is COc1cc2c(cc1O)CC[C@@H]1[C@@H]2CC[C@]2(C)[C@@H]([C@H](C)C(C)(C)O)CC[C@@H]12. The normalized spacial score (nSPS) is 36.5. The molecule has 27 heavy (non-hydrogen) atoms. The Hall–Kier alpha value is -1.22. The number of rotatable bonds is 3. The number of aromatic hydroxyl groups is 1. The maximum atomic E-state index is 10.7. The monoisotopic (exact) mass is 372 g/mol. The largest absolute Gasteiger partial charge is 0.504 e. The van der Waals surface area contributed by atoms with Crippen LogP contribution in [0.2, 0.25) is 0 Å². The second-order valence-electron chi connectivity index (χ2n) is 10.3. The number of phenols is 1. The minimum Gasteiger partial charge on any atom is -0.504 e. The molecule has 0 bridgehead atoms. The van der Waals surface area contributed by atoms with Gasteiger partial charge >= 0.3 is 0 Å². The van der Waals surface area contributed by atoms with Crippen LogP contribution in [-0.4, -0.2) is 22.9 Å². The highest BCUT2D eigenvalue weighted by Crippen LogP contribution is 2.65. The predicted molar refractivity (Wildman–Crippen MR) is 108 cm³/mol. The van der Waals surface area contributed by atoms with Gasteiger partial charge in [0.05, 0.1) is 12.7 Å². The van der Waals surface area contributed by atoms with Gasteiger partial charge in [-0.15, -0.1) is 0 Å². The summed E-state index contributed by atoms with van der Waals surface area (Å²) in [5.41, 5.74) is 2.47. The minimum absolute atomic E-state index is 0.273. The van der Waals surface area contributed by atoms with Crippen LogP contribution in [0.4, 0.5) is 0 Å². The average Bonchev–Trinajstić information content (AvgIpc) is 2.96. The van der Waals surface area contributed by atoms with E-state index in [-0.39, 0.29) is 5.75 Å². The lowest BCUT2D eigenvalue weighted by Gasteiger charge is -2.53. The molecule has 3 aliphatic carbocycles. The maximum Gasteiger partial charge on any atom is 0.160 e. The van der Waals surface area contributed by atoms with E-state index in [1.165, 1.54) is 43.2 Å². The van der Waals surface area contributed by atoms with Gasteiger partial charge in [0.15, 0.2) is 11.5 Å². The number of hydrogen-bond donors (Lipinski definition) is 2. The molecule has 0 aliphatic heterocycles. The molecule has 6 atom stereocenters. The molecule has 0 unspecified atom stereocenters. The zero-order valence-corrected chi connectivity index (χ0v) is 17.6. The van der Waals surface area contributed by atoms with Crippen molar-refractivity contribution in [3.63, 3.8) is 0 Å². The van der Waals surface area contributed by atoms with Gasteiger partial charge in [0, 0.05) is 0 Å². The zero-order valence-electron chi connectivity index (χ0n) is 17.6. The lowest BCUT2D eigenvalue weighted by molar-refractivity contribution is -0.0561. The number of benzene rings is 1. The molecule has 150 valence electrons. The van der Waals surface area contributed by atoms with Crippen LogP contribution in [0.15, 0.2) is 12.1 Å². The first-order valence-electron chi connectivity index (χ1n) is 10.8. The average molecular weight is 373 g/mol. The highest BCUT2D eigenvalue weighted by molar-refractivity contribution is 5.49. The van der Waals surface area contributed by atoms with Gasteiger partial charge in [-0.2, -0.15) is 0 Å². The molecule has 2 N–H and O–H groups in total. The number of aryl methyl sites for hydroxylation is 1. The molecular weight excluding hydrogens is 336 g/mol. The molecule has 0 heterocycles. The third kappa shape index (κ3) is 2.88. The fourth-order valence-corrected chi connectivity index (χ4v) is 7.11. The fourth-order valence-electron chi connectivity index (χ4n) is 7.11. The van der Waals surface area contributed by atoms with Gasteiger partial charge in [0.25, 0.3) is 0 Å².